The SMILES string of the molecule is COCCN(c1c(Cl)cccc1CCl)C(C)C. The van der Waals surface area contributed by atoms with Crippen LogP contribution in [0.1, 0.15) is 19.4 Å². The number of anilines is 1. The van der Waals surface area contributed by atoms with Crippen LogP contribution in [0.2, 0.25) is 5.02 Å². The van der Waals surface area contributed by atoms with E-state index in [4.69, 9.17) is 27.9 Å². The van der Waals surface area contributed by atoms with Crippen molar-refractivity contribution in [1.82, 2.24) is 0 Å². The molecule has 0 aliphatic heterocycles. The lowest BCUT2D eigenvalue weighted by molar-refractivity contribution is 0.204. The number of para-hydroxylation sites is 1. The van der Waals surface area contributed by atoms with Crippen LogP contribution in [-0.2, 0) is 10.6 Å². The number of nitrogens with zero attached hydrogens (tertiary/aromatic N) is 1. The first kappa shape index (κ1) is 14.6. The van der Waals surface area contributed by atoms with Crippen LogP contribution >= 0.6 is 23.2 Å². The maximum absolute atomic E-state index is 6.28. The Morgan fingerprint density at radius 3 is 2.59 bits per heavy atom. The molecule has 4 heteroatoms. The van der Waals surface area contributed by atoms with Gasteiger partial charge in [-0.15, -0.1) is 11.6 Å². The fourth-order valence-electron chi connectivity index (χ4n) is 1.81. The lowest BCUT2D eigenvalue weighted by atomic mass is 10.1. The molecule has 0 aliphatic carbocycles. The van der Waals surface area contributed by atoms with Gasteiger partial charge in [-0.1, -0.05) is 23.7 Å². The van der Waals surface area contributed by atoms with E-state index in [1.165, 1.54) is 0 Å². The van der Waals surface area contributed by atoms with Crippen molar-refractivity contribution in [3.05, 3.63) is 28.8 Å². The third kappa shape index (κ3) is 3.77. The molecular formula is C13H19Cl2NO. The summed E-state index contributed by atoms with van der Waals surface area (Å²) >= 11 is 12.3. The predicted molar refractivity (Wildman–Crippen MR) is 75.4 cm³/mol. The molecule has 0 saturated carbocycles. The van der Waals surface area contributed by atoms with E-state index in [-0.39, 0.29) is 0 Å². The monoisotopic (exact) mass is 275 g/mol. The third-order valence-corrected chi connectivity index (χ3v) is 3.25. The summed E-state index contributed by atoms with van der Waals surface area (Å²) in [5.74, 6) is 0.464. The smallest absolute Gasteiger partial charge is 0.0642 e. The van der Waals surface area contributed by atoms with Crippen molar-refractivity contribution >= 4 is 28.9 Å². The first-order valence-electron chi connectivity index (χ1n) is 5.70. The minimum absolute atomic E-state index is 0.354. The van der Waals surface area contributed by atoms with Gasteiger partial charge in [0.25, 0.3) is 0 Å². The van der Waals surface area contributed by atoms with Gasteiger partial charge in [-0.05, 0) is 25.5 Å². The Hall–Kier alpha value is -0.440. The molecular weight excluding hydrogens is 257 g/mol. The minimum atomic E-state index is 0.354. The molecule has 17 heavy (non-hydrogen) atoms. The highest BCUT2D eigenvalue weighted by Gasteiger charge is 2.16. The second kappa shape index (κ2) is 7.10. The van der Waals surface area contributed by atoms with Gasteiger partial charge >= 0.3 is 0 Å². The first-order chi connectivity index (χ1) is 8.11. The number of hydrogen-bond acceptors (Lipinski definition) is 2. The zero-order valence-corrected chi connectivity index (χ0v) is 12.1. The molecule has 0 aromatic heterocycles. The van der Waals surface area contributed by atoms with Gasteiger partial charge in [-0.2, -0.15) is 0 Å². The van der Waals surface area contributed by atoms with Crippen LogP contribution in [0.5, 0.6) is 0 Å². The molecule has 0 N–H and O–H groups in total. The third-order valence-electron chi connectivity index (χ3n) is 2.66. The molecule has 2 nitrogen and oxygen atoms in total. The standard InChI is InChI=1S/C13H19Cl2NO/c1-10(2)16(7-8-17-3)13-11(9-14)5-4-6-12(13)15/h4-6,10H,7-9H2,1-3H3. The maximum Gasteiger partial charge on any atom is 0.0642 e. The summed E-state index contributed by atoms with van der Waals surface area (Å²) in [5, 5.41) is 0.743. The number of hydrogen-bond donors (Lipinski definition) is 0. The Labute approximate surface area is 113 Å². The molecule has 0 bridgehead atoms. The van der Waals surface area contributed by atoms with E-state index in [2.05, 4.69) is 18.7 Å². The van der Waals surface area contributed by atoms with Crippen molar-refractivity contribution in [2.45, 2.75) is 25.8 Å². The second-order valence-electron chi connectivity index (χ2n) is 4.16. The van der Waals surface area contributed by atoms with Crippen LogP contribution < -0.4 is 4.90 Å². The molecule has 1 aromatic carbocycles. The van der Waals surface area contributed by atoms with Crippen molar-refractivity contribution in [2.24, 2.45) is 0 Å². The molecule has 1 rings (SSSR count). The fourth-order valence-corrected chi connectivity index (χ4v) is 2.33. The van der Waals surface area contributed by atoms with Crippen LogP contribution in [0.25, 0.3) is 0 Å². The molecule has 0 amide bonds. The van der Waals surface area contributed by atoms with Crippen molar-refractivity contribution in [1.29, 1.82) is 0 Å². The highest BCUT2D eigenvalue weighted by molar-refractivity contribution is 6.33. The summed E-state index contributed by atoms with van der Waals surface area (Å²) in [4.78, 5) is 2.23. The Bertz CT molecular complexity index is 355. The first-order valence-corrected chi connectivity index (χ1v) is 6.62. The fraction of sp³-hybridized carbons (Fsp3) is 0.538. The number of methoxy groups -OCH3 is 1. The van der Waals surface area contributed by atoms with Crippen LogP contribution in [0, 0.1) is 0 Å². The quantitative estimate of drug-likeness (QED) is 0.730. The van der Waals surface area contributed by atoms with E-state index in [1.807, 2.05) is 18.2 Å². The molecule has 0 spiro atoms. The van der Waals surface area contributed by atoms with E-state index in [9.17, 15) is 0 Å². The van der Waals surface area contributed by atoms with E-state index in [0.717, 1.165) is 22.8 Å². The average molecular weight is 276 g/mol. The van der Waals surface area contributed by atoms with Gasteiger partial charge in [0.2, 0.25) is 0 Å². The molecule has 0 saturated heterocycles. The number of benzene rings is 1. The van der Waals surface area contributed by atoms with Crippen LogP contribution in [0.15, 0.2) is 18.2 Å². The molecule has 0 radical (unpaired) electrons. The van der Waals surface area contributed by atoms with Crippen LogP contribution in [-0.4, -0.2) is 26.3 Å². The number of alkyl halides is 1. The molecule has 0 atom stereocenters. The lowest BCUT2D eigenvalue weighted by Crippen LogP contribution is -2.34. The zero-order chi connectivity index (χ0) is 12.8. The molecule has 0 heterocycles. The minimum Gasteiger partial charge on any atom is -0.383 e. The van der Waals surface area contributed by atoms with Gasteiger partial charge in [0.15, 0.2) is 0 Å². The molecule has 0 unspecified atom stereocenters. The van der Waals surface area contributed by atoms with Gasteiger partial charge in [0.1, 0.15) is 0 Å². The largest absolute Gasteiger partial charge is 0.383 e. The predicted octanol–water partition coefficient (Wildman–Crippen LogP) is 3.94. The maximum atomic E-state index is 6.28. The lowest BCUT2D eigenvalue weighted by Gasteiger charge is -2.31. The molecule has 0 fully saturated rings. The van der Waals surface area contributed by atoms with E-state index >= 15 is 0 Å². The topological polar surface area (TPSA) is 12.5 Å². The van der Waals surface area contributed by atoms with Crippen LogP contribution in [0.3, 0.4) is 0 Å². The van der Waals surface area contributed by atoms with Crippen molar-refractivity contribution in [2.75, 3.05) is 25.2 Å². The summed E-state index contributed by atoms with van der Waals surface area (Å²) in [7, 11) is 1.70. The number of halogens is 2. The molecule has 0 aliphatic rings. The Morgan fingerprint density at radius 2 is 2.06 bits per heavy atom. The van der Waals surface area contributed by atoms with Crippen molar-refractivity contribution in [3.63, 3.8) is 0 Å². The Balaban J connectivity index is 3.07. The van der Waals surface area contributed by atoms with Gasteiger partial charge < -0.3 is 9.64 Å². The summed E-state index contributed by atoms with van der Waals surface area (Å²) in [5.41, 5.74) is 2.08. The van der Waals surface area contributed by atoms with Gasteiger partial charge in [-0.25, -0.2) is 0 Å². The number of rotatable bonds is 6. The highest BCUT2D eigenvalue weighted by atomic mass is 35.5. The summed E-state index contributed by atoms with van der Waals surface area (Å²) < 4.78 is 5.14. The van der Waals surface area contributed by atoms with Gasteiger partial charge in [-0.3, -0.25) is 0 Å². The highest BCUT2D eigenvalue weighted by Crippen LogP contribution is 2.32. The Morgan fingerprint density at radius 1 is 1.35 bits per heavy atom. The van der Waals surface area contributed by atoms with E-state index in [1.54, 1.807) is 7.11 Å². The zero-order valence-electron chi connectivity index (χ0n) is 10.5. The van der Waals surface area contributed by atoms with Crippen molar-refractivity contribution in [3.8, 4) is 0 Å². The summed E-state index contributed by atoms with van der Waals surface area (Å²) in [6, 6.07) is 6.19. The average Bonchev–Trinajstić information content (AvgIpc) is 2.30. The second-order valence-corrected chi connectivity index (χ2v) is 4.84. The summed E-state index contributed by atoms with van der Waals surface area (Å²) in [6.45, 7) is 5.75. The summed E-state index contributed by atoms with van der Waals surface area (Å²) in [6.07, 6.45) is 0. The van der Waals surface area contributed by atoms with E-state index in [0.29, 0.717) is 18.5 Å². The number of ether oxygens (including phenoxy) is 1. The molecule has 1 aromatic rings. The molecule has 96 valence electrons. The van der Waals surface area contributed by atoms with Gasteiger partial charge in [0.05, 0.1) is 17.3 Å². The van der Waals surface area contributed by atoms with Crippen molar-refractivity contribution < 1.29 is 4.74 Å². The van der Waals surface area contributed by atoms with Gasteiger partial charge in [0, 0.05) is 25.6 Å². The van der Waals surface area contributed by atoms with Crippen LogP contribution in [0.4, 0.5) is 5.69 Å². The normalized spacial score (nSPS) is 10.9. The van der Waals surface area contributed by atoms with E-state index < -0.39 is 0 Å². The Kier molecular flexibility index (Phi) is 6.10.